The largest absolute Gasteiger partial charge is 0.598 e. The van der Waals surface area contributed by atoms with Crippen LogP contribution in [0.3, 0.4) is 0 Å². The van der Waals surface area contributed by atoms with Crippen LogP contribution in [0.2, 0.25) is 0 Å². The molecule has 2 bridgehead atoms. The summed E-state index contributed by atoms with van der Waals surface area (Å²) in [5.41, 5.74) is -0.668. The first kappa shape index (κ1) is 28.8. The van der Waals surface area contributed by atoms with Gasteiger partial charge in [-0.15, -0.1) is 16.5 Å². The fourth-order valence-electron chi connectivity index (χ4n) is 3.81. The van der Waals surface area contributed by atoms with Crippen LogP contribution in [-0.2, 0) is 25.6 Å². The number of hydrogen-bond donors (Lipinski definition) is 5. The third-order valence-electron chi connectivity index (χ3n) is 5.67. The Morgan fingerprint density at radius 3 is 2.36 bits per heavy atom. The number of hydrogen-bond acceptors (Lipinski definition) is 10. The summed E-state index contributed by atoms with van der Waals surface area (Å²) in [5, 5.41) is 38.8. The molecule has 0 aromatic heterocycles. The molecular formula is C21H38N2O8S2. The maximum Gasteiger partial charge on any atom is 0.290 e. The van der Waals surface area contributed by atoms with Crippen LogP contribution in [0, 0.1) is 0 Å². The molecule has 5 N–H and O–H groups in total. The number of rotatable bonds is 4. The molecule has 0 spiro atoms. The van der Waals surface area contributed by atoms with Crippen LogP contribution in [0.1, 0.15) is 33.6 Å². The van der Waals surface area contributed by atoms with Crippen molar-refractivity contribution in [3.63, 3.8) is 0 Å². The van der Waals surface area contributed by atoms with Gasteiger partial charge in [0, 0.05) is 36.2 Å². The molecule has 2 saturated heterocycles. The van der Waals surface area contributed by atoms with Gasteiger partial charge in [-0.25, -0.2) is 0 Å². The zero-order chi connectivity index (χ0) is 24.6. The molecule has 2 fully saturated rings. The van der Waals surface area contributed by atoms with Crippen LogP contribution in [-0.4, -0.2) is 115 Å². The zero-order valence-electron chi connectivity index (χ0n) is 19.4. The fourth-order valence-corrected chi connectivity index (χ4v) is 6.08. The number of thioether (sulfide) groups is 1. The lowest BCUT2D eigenvalue weighted by atomic mass is 9.93. The first-order valence-electron chi connectivity index (χ1n) is 11.1. The normalized spacial score (nSPS) is 36.9. The Morgan fingerprint density at radius 2 is 1.76 bits per heavy atom. The number of allylic oxidation sites excluding steroid dienone is 1. The standard InChI is InChI=1S/C20H36N2O6S2.CH2O2/c1-20(2,3)30(26)21-14-7-5-4-6-13(12-22-8-10-27-11-9-22)29-19-17(25)15(23)16(24)18(14)28-19;2-1-3/h4-5,13-19,21,23-25H,6-12H2,1-3H3;1H,(H,2,3)/t13-,14+,15-,16+,17+,18+,19+,30?;/m0./s1. The molecule has 8 atom stereocenters. The topological polar surface area (TPSA) is 155 Å². The van der Waals surface area contributed by atoms with E-state index in [-0.39, 0.29) is 11.7 Å². The van der Waals surface area contributed by atoms with Crippen LogP contribution < -0.4 is 4.72 Å². The van der Waals surface area contributed by atoms with E-state index in [9.17, 15) is 19.9 Å². The van der Waals surface area contributed by atoms with Crippen LogP contribution in [0.5, 0.6) is 0 Å². The lowest BCUT2D eigenvalue weighted by Crippen LogP contribution is -2.63. The number of aliphatic hydroxyl groups is 3. The van der Waals surface area contributed by atoms with Gasteiger partial charge in [0.15, 0.2) is 0 Å². The van der Waals surface area contributed by atoms with Gasteiger partial charge in [0.2, 0.25) is 0 Å². The number of carbonyl (C=O) groups is 1. The van der Waals surface area contributed by atoms with Gasteiger partial charge in [-0.05, 0) is 33.6 Å². The Kier molecular flexibility index (Phi) is 11.9. The highest BCUT2D eigenvalue weighted by Gasteiger charge is 2.48. The zero-order valence-corrected chi connectivity index (χ0v) is 21.0. The van der Waals surface area contributed by atoms with E-state index in [1.807, 2.05) is 26.8 Å². The minimum atomic E-state index is -1.36. The molecule has 3 rings (SSSR count). The van der Waals surface area contributed by atoms with Crippen LogP contribution in [0.25, 0.3) is 0 Å². The molecule has 33 heavy (non-hydrogen) atoms. The summed E-state index contributed by atoms with van der Waals surface area (Å²) in [7, 11) is 0. The third kappa shape index (κ3) is 8.64. The maximum absolute atomic E-state index is 12.7. The van der Waals surface area contributed by atoms with Crippen LogP contribution >= 0.6 is 11.8 Å². The van der Waals surface area contributed by atoms with E-state index in [2.05, 4.69) is 15.7 Å². The number of nitrogens with one attached hydrogen (secondary N) is 1. The highest BCUT2D eigenvalue weighted by molar-refractivity contribution is 8.00. The molecule has 0 radical (unpaired) electrons. The molecule has 3 aliphatic rings. The monoisotopic (exact) mass is 510 g/mol. The Labute approximate surface area is 203 Å². The predicted molar refractivity (Wildman–Crippen MR) is 127 cm³/mol. The SMILES string of the molecule is CC(C)(C)[S+]([O-])N[C@@H]1CC=CC[C@@H](CN2CCOCC2)S[C@H]2O[C@H]1[C@H](O)[C@H](O)[C@H]2O.O=CO. The predicted octanol–water partition coefficient (Wildman–Crippen LogP) is -0.301. The van der Waals surface area contributed by atoms with Crippen molar-refractivity contribution in [3.8, 4) is 0 Å². The Bertz CT molecular complexity index is 618. The molecule has 3 aliphatic heterocycles. The van der Waals surface area contributed by atoms with E-state index in [0.717, 1.165) is 39.3 Å². The first-order chi connectivity index (χ1) is 15.6. The summed E-state index contributed by atoms with van der Waals surface area (Å²) >= 11 is 0.137. The molecule has 0 aromatic carbocycles. The number of fused-ring (bicyclic) bond motifs is 2. The van der Waals surface area contributed by atoms with Crippen molar-refractivity contribution in [1.29, 1.82) is 0 Å². The van der Waals surface area contributed by atoms with Crippen molar-refractivity contribution in [2.45, 2.75) is 79.5 Å². The van der Waals surface area contributed by atoms with Crippen molar-refractivity contribution in [1.82, 2.24) is 9.62 Å². The molecule has 0 amide bonds. The Morgan fingerprint density at radius 1 is 1.15 bits per heavy atom. The number of carboxylic acid groups (broad SMARTS) is 1. The molecular weight excluding hydrogens is 472 g/mol. The first-order valence-corrected chi connectivity index (χ1v) is 13.2. The van der Waals surface area contributed by atoms with Crippen LogP contribution in [0.15, 0.2) is 12.2 Å². The van der Waals surface area contributed by atoms with Gasteiger partial charge in [-0.1, -0.05) is 12.2 Å². The second kappa shape index (κ2) is 13.6. The van der Waals surface area contributed by atoms with Crippen molar-refractivity contribution in [3.05, 3.63) is 12.2 Å². The minimum Gasteiger partial charge on any atom is -0.598 e. The van der Waals surface area contributed by atoms with Crippen LogP contribution in [0.4, 0.5) is 0 Å². The average molecular weight is 511 g/mol. The smallest absolute Gasteiger partial charge is 0.290 e. The average Bonchev–Trinajstić information content (AvgIpc) is 2.76. The van der Waals surface area contributed by atoms with Gasteiger partial charge in [-0.2, -0.15) is 0 Å². The van der Waals surface area contributed by atoms with Gasteiger partial charge in [0.05, 0.1) is 19.3 Å². The van der Waals surface area contributed by atoms with Gasteiger partial charge in [0.1, 0.15) is 34.6 Å². The summed E-state index contributed by atoms with van der Waals surface area (Å²) < 4.78 is 26.8. The summed E-state index contributed by atoms with van der Waals surface area (Å²) in [4.78, 5) is 10.7. The number of aliphatic hydroxyl groups excluding tert-OH is 3. The minimum absolute atomic E-state index is 0.176. The second-order valence-electron chi connectivity index (χ2n) is 9.27. The number of nitrogens with zero attached hydrogens (tertiary/aromatic N) is 1. The van der Waals surface area contributed by atoms with E-state index < -0.39 is 52.0 Å². The van der Waals surface area contributed by atoms with Crippen molar-refractivity contribution < 1.29 is 39.2 Å². The highest BCUT2D eigenvalue weighted by Crippen LogP contribution is 2.35. The molecule has 12 heteroatoms. The third-order valence-corrected chi connectivity index (χ3v) is 8.68. The molecule has 3 heterocycles. The summed E-state index contributed by atoms with van der Waals surface area (Å²) in [6.45, 7) is 9.41. The van der Waals surface area contributed by atoms with Crippen molar-refractivity contribution in [2.24, 2.45) is 0 Å². The quantitative estimate of drug-likeness (QED) is 0.192. The van der Waals surface area contributed by atoms with E-state index in [0.29, 0.717) is 6.42 Å². The lowest BCUT2D eigenvalue weighted by Gasteiger charge is -2.45. The van der Waals surface area contributed by atoms with Crippen molar-refractivity contribution in [2.75, 3.05) is 32.8 Å². The van der Waals surface area contributed by atoms with E-state index in [1.54, 1.807) is 0 Å². The van der Waals surface area contributed by atoms with E-state index in [1.165, 1.54) is 11.8 Å². The van der Waals surface area contributed by atoms with E-state index >= 15 is 0 Å². The molecule has 0 aliphatic carbocycles. The molecule has 0 saturated carbocycles. The second-order valence-corrected chi connectivity index (χ2v) is 12.7. The summed E-state index contributed by atoms with van der Waals surface area (Å²) in [6, 6.07) is -0.447. The van der Waals surface area contributed by atoms with Crippen molar-refractivity contribution >= 4 is 29.6 Å². The molecule has 1 unspecified atom stereocenters. The maximum atomic E-state index is 12.7. The van der Waals surface area contributed by atoms with Gasteiger partial charge in [-0.3, -0.25) is 9.69 Å². The molecule has 192 valence electrons. The molecule has 10 nitrogen and oxygen atoms in total. The fraction of sp³-hybridized carbons (Fsp3) is 0.857. The lowest BCUT2D eigenvalue weighted by molar-refractivity contribution is -0.203. The highest BCUT2D eigenvalue weighted by atomic mass is 32.2. The Balaban J connectivity index is 0.00000122. The van der Waals surface area contributed by atoms with Gasteiger partial charge < -0.3 is 34.5 Å². The number of ether oxygens (including phenoxy) is 2. The van der Waals surface area contributed by atoms with E-state index in [4.69, 9.17) is 19.4 Å². The summed E-state index contributed by atoms with van der Waals surface area (Å²) in [6.07, 6.45) is 0.893. The van der Waals surface area contributed by atoms with Gasteiger partial charge >= 0.3 is 0 Å². The van der Waals surface area contributed by atoms with Gasteiger partial charge in [0.25, 0.3) is 6.47 Å². The summed E-state index contributed by atoms with van der Waals surface area (Å²) in [5.74, 6) is 0. The Hall–Kier alpha value is -0.410. The molecule has 0 aromatic rings. The number of morpholine rings is 1.